The molecule has 0 spiro atoms. The Morgan fingerprint density at radius 1 is 1.26 bits per heavy atom. The molecule has 0 bridgehead atoms. The van der Waals surface area contributed by atoms with Crippen molar-refractivity contribution in [2.45, 2.75) is 19.7 Å². The highest BCUT2D eigenvalue weighted by Crippen LogP contribution is 2.30. The zero-order valence-electron chi connectivity index (χ0n) is 10.9. The Balaban J connectivity index is 2.51. The first kappa shape index (κ1) is 14.1. The summed E-state index contributed by atoms with van der Waals surface area (Å²) in [5.74, 6) is 1.06. The summed E-state index contributed by atoms with van der Waals surface area (Å²) in [7, 11) is 0. The lowest BCUT2D eigenvalue weighted by molar-refractivity contribution is 0.958. The summed E-state index contributed by atoms with van der Waals surface area (Å²) in [6.45, 7) is 4.91. The molecule has 0 fully saturated rings. The molecule has 0 unspecified atom stereocenters. The first-order valence-electron chi connectivity index (χ1n) is 6.07. The van der Waals surface area contributed by atoms with Gasteiger partial charge in [0.15, 0.2) is 0 Å². The largest absolute Gasteiger partial charge is 0.326 e. The SMILES string of the molecule is CCN(c1cccc(C)c1)c1ncnc(Cl)c1CCl. The minimum atomic E-state index is 0.289. The van der Waals surface area contributed by atoms with E-state index >= 15 is 0 Å². The number of alkyl halides is 1. The predicted octanol–water partition coefficient (Wildman–Crippen LogP) is 4.34. The molecule has 5 heteroatoms. The van der Waals surface area contributed by atoms with Crippen molar-refractivity contribution in [2.75, 3.05) is 11.4 Å². The quantitative estimate of drug-likeness (QED) is 0.621. The van der Waals surface area contributed by atoms with Crippen molar-refractivity contribution in [3.05, 3.63) is 46.9 Å². The van der Waals surface area contributed by atoms with Gasteiger partial charge in [0.05, 0.1) is 5.88 Å². The minimum Gasteiger partial charge on any atom is -0.326 e. The number of aryl methyl sites for hydroxylation is 1. The highest BCUT2D eigenvalue weighted by atomic mass is 35.5. The summed E-state index contributed by atoms with van der Waals surface area (Å²) in [6.07, 6.45) is 1.46. The number of nitrogens with zero attached hydrogens (tertiary/aromatic N) is 3. The molecule has 0 saturated heterocycles. The van der Waals surface area contributed by atoms with Gasteiger partial charge in [-0.2, -0.15) is 0 Å². The second-order valence-electron chi connectivity index (χ2n) is 4.18. The highest BCUT2D eigenvalue weighted by molar-refractivity contribution is 6.31. The van der Waals surface area contributed by atoms with Gasteiger partial charge in [-0.25, -0.2) is 9.97 Å². The first-order chi connectivity index (χ1) is 9.17. The highest BCUT2D eigenvalue weighted by Gasteiger charge is 2.16. The Kier molecular flexibility index (Phi) is 4.61. The summed E-state index contributed by atoms with van der Waals surface area (Å²) in [4.78, 5) is 10.4. The van der Waals surface area contributed by atoms with Crippen LogP contribution in [-0.4, -0.2) is 16.5 Å². The smallest absolute Gasteiger partial charge is 0.142 e. The lowest BCUT2D eigenvalue weighted by Crippen LogP contribution is -2.19. The van der Waals surface area contributed by atoms with Gasteiger partial charge in [-0.15, -0.1) is 11.6 Å². The molecule has 0 aliphatic heterocycles. The van der Waals surface area contributed by atoms with Crippen LogP contribution < -0.4 is 4.90 Å². The summed E-state index contributed by atoms with van der Waals surface area (Å²) >= 11 is 12.1. The molecule has 1 aromatic carbocycles. The maximum atomic E-state index is 6.09. The van der Waals surface area contributed by atoms with Crippen molar-refractivity contribution in [3.8, 4) is 0 Å². The zero-order chi connectivity index (χ0) is 13.8. The normalized spacial score (nSPS) is 10.5. The van der Waals surface area contributed by atoms with Crippen LogP contribution in [0.4, 0.5) is 11.5 Å². The van der Waals surface area contributed by atoms with Gasteiger partial charge in [0.1, 0.15) is 17.3 Å². The van der Waals surface area contributed by atoms with Crippen molar-refractivity contribution in [2.24, 2.45) is 0 Å². The van der Waals surface area contributed by atoms with Crippen LogP contribution in [0.3, 0.4) is 0 Å². The molecule has 100 valence electrons. The third-order valence-electron chi connectivity index (χ3n) is 2.89. The van der Waals surface area contributed by atoms with Crippen LogP contribution in [0.15, 0.2) is 30.6 Å². The van der Waals surface area contributed by atoms with Crippen molar-refractivity contribution in [1.82, 2.24) is 9.97 Å². The maximum absolute atomic E-state index is 6.09. The summed E-state index contributed by atoms with van der Waals surface area (Å²) in [6, 6.07) is 8.24. The molecular weight excluding hydrogens is 281 g/mol. The van der Waals surface area contributed by atoms with Crippen LogP contribution in [0.1, 0.15) is 18.1 Å². The fourth-order valence-corrected chi connectivity index (χ4v) is 2.49. The molecule has 0 N–H and O–H groups in total. The van der Waals surface area contributed by atoms with Crippen LogP contribution in [0.2, 0.25) is 5.15 Å². The van der Waals surface area contributed by atoms with E-state index in [-0.39, 0.29) is 5.88 Å². The van der Waals surface area contributed by atoms with Crippen LogP contribution in [0.25, 0.3) is 0 Å². The van der Waals surface area contributed by atoms with Crippen LogP contribution in [0.5, 0.6) is 0 Å². The van der Waals surface area contributed by atoms with Crippen LogP contribution >= 0.6 is 23.2 Å². The summed E-state index contributed by atoms with van der Waals surface area (Å²) in [5, 5.41) is 0.408. The number of hydrogen-bond acceptors (Lipinski definition) is 3. The number of benzene rings is 1. The fraction of sp³-hybridized carbons (Fsp3) is 0.286. The standard InChI is InChI=1S/C14H15Cl2N3/c1-3-19(11-6-4-5-10(2)7-11)14-12(8-15)13(16)17-9-18-14/h4-7,9H,3,8H2,1-2H3. The number of anilines is 2. The molecule has 19 heavy (non-hydrogen) atoms. The van der Waals surface area contributed by atoms with E-state index in [1.165, 1.54) is 11.9 Å². The van der Waals surface area contributed by atoms with Crippen LogP contribution in [-0.2, 0) is 5.88 Å². The Hall–Kier alpha value is -1.32. The summed E-state index contributed by atoms with van der Waals surface area (Å²) in [5.41, 5.74) is 3.03. The van der Waals surface area contributed by atoms with Gasteiger partial charge in [0, 0.05) is 17.8 Å². The number of hydrogen-bond donors (Lipinski definition) is 0. The van der Waals surface area contributed by atoms with E-state index in [1.54, 1.807) is 0 Å². The lowest BCUT2D eigenvalue weighted by atomic mass is 10.2. The van der Waals surface area contributed by atoms with Crippen molar-refractivity contribution in [1.29, 1.82) is 0 Å². The van der Waals surface area contributed by atoms with Crippen molar-refractivity contribution >= 4 is 34.7 Å². The average molecular weight is 296 g/mol. The molecule has 0 amide bonds. The minimum absolute atomic E-state index is 0.289. The first-order valence-corrected chi connectivity index (χ1v) is 6.98. The van der Waals surface area contributed by atoms with Gasteiger partial charge in [-0.1, -0.05) is 23.7 Å². The second-order valence-corrected chi connectivity index (χ2v) is 4.81. The molecule has 0 aliphatic carbocycles. The zero-order valence-corrected chi connectivity index (χ0v) is 12.4. The Morgan fingerprint density at radius 3 is 2.68 bits per heavy atom. The molecule has 0 atom stereocenters. The molecule has 2 rings (SSSR count). The van der Waals surface area contributed by atoms with Crippen molar-refractivity contribution < 1.29 is 0 Å². The Morgan fingerprint density at radius 2 is 2.05 bits per heavy atom. The molecular formula is C14H15Cl2N3. The molecule has 0 aliphatic rings. The van der Waals surface area contributed by atoms with Crippen molar-refractivity contribution in [3.63, 3.8) is 0 Å². The van der Waals surface area contributed by atoms with E-state index in [0.717, 1.165) is 23.6 Å². The monoisotopic (exact) mass is 295 g/mol. The fourth-order valence-electron chi connectivity index (χ4n) is 1.98. The lowest BCUT2D eigenvalue weighted by Gasteiger charge is -2.24. The third-order valence-corrected chi connectivity index (χ3v) is 3.48. The number of aromatic nitrogens is 2. The van der Waals surface area contributed by atoms with E-state index in [4.69, 9.17) is 23.2 Å². The maximum Gasteiger partial charge on any atom is 0.142 e. The van der Waals surface area contributed by atoms with E-state index in [2.05, 4.69) is 40.8 Å². The Bertz CT molecular complexity index is 572. The molecule has 1 aromatic heterocycles. The molecule has 3 nitrogen and oxygen atoms in total. The number of rotatable bonds is 4. The number of halogens is 2. The Labute approximate surface area is 123 Å². The van der Waals surface area contributed by atoms with E-state index < -0.39 is 0 Å². The molecule has 1 heterocycles. The average Bonchev–Trinajstić information content (AvgIpc) is 2.40. The second kappa shape index (κ2) is 6.22. The van der Waals surface area contributed by atoms with Gasteiger partial charge in [-0.05, 0) is 31.5 Å². The van der Waals surface area contributed by atoms with Gasteiger partial charge in [0.25, 0.3) is 0 Å². The van der Waals surface area contributed by atoms with E-state index in [9.17, 15) is 0 Å². The molecule has 0 saturated carbocycles. The molecule has 2 aromatic rings. The summed E-state index contributed by atoms with van der Waals surface area (Å²) < 4.78 is 0. The van der Waals surface area contributed by atoms with E-state index in [1.807, 2.05) is 12.1 Å². The third kappa shape index (κ3) is 2.99. The van der Waals surface area contributed by atoms with Gasteiger partial charge in [0.2, 0.25) is 0 Å². The topological polar surface area (TPSA) is 29.0 Å². The van der Waals surface area contributed by atoms with Gasteiger partial charge >= 0.3 is 0 Å². The van der Waals surface area contributed by atoms with Crippen LogP contribution in [0, 0.1) is 6.92 Å². The van der Waals surface area contributed by atoms with Gasteiger partial charge < -0.3 is 4.90 Å². The van der Waals surface area contributed by atoms with E-state index in [0.29, 0.717) is 5.15 Å². The van der Waals surface area contributed by atoms with Gasteiger partial charge in [-0.3, -0.25) is 0 Å². The predicted molar refractivity (Wildman–Crippen MR) is 80.5 cm³/mol. The molecule has 0 radical (unpaired) electrons.